The van der Waals surface area contributed by atoms with Gasteiger partial charge in [-0.15, -0.1) is 0 Å². The van der Waals surface area contributed by atoms with Gasteiger partial charge in [0.05, 0.1) is 0 Å². The van der Waals surface area contributed by atoms with E-state index in [1.54, 1.807) is 0 Å². The maximum Gasteiger partial charge on any atom is 0.166 e. The number of carbonyl (C=O) groups excluding carboxylic acids is 1. The standard InChI is InChI=1S/C11H11Br.C10H9BrO/c1-7-6-10-9(8(7)2)4-3-5-11(10)12;1-6-5-8-7(10(6)12)3-2-4-9(8)11/h3-5H,6H2,1-2H3;2-4,6H,5H2,1H3. The van der Waals surface area contributed by atoms with Gasteiger partial charge in [0.25, 0.3) is 0 Å². The first-order chi connectivity index (χ1) is 11.4. The highest BCUT2D eigenvalue weighted by Crippen LogP contribution is 2.36. The average molecular weight is 448 g/mol. The van der Waals surface area contributed by atoms with Gasteiger partial charge in [-0.25, -0.2) is 0 Å². The molecule has 0 fully saturated rings. The van der Waals surface area contributed by atoms with Crippen LogP contribution >= 0.6 is 31.9 Å². The van der Waals surface area contributed by atoms with Crippen molar-refractivity contribution in [2.75, 3.05) is 0 Å². The van der Waals surface area contributed by atoms with Crippen molar-refractivity contribution in [2.45, 2.75) is 33.6 Å². The van der Waals surface area contributed by atoms with Gasteiger partial charge in [0.2, 0.25) is 0 Å². The second kappa shape index (κ2) is 6.97. The largest absolute Gasteiger partial charge is 0.294 e. The third kappa shape index (κ3) is 3.16. The summed E-state index contributed by atoms with van der Waals surface area (Å²) in [5.41, 5.74) is 7.89. The fraction of sp³-hybridized carbons (Fsp3) is 0.286. The van der Waals surface area contributed by atoms with E-state index in [-0.39, 0.29) is 11.7 Å². The summed E-state index contributed by atoms with van der Waals surface area (Å²) in [6.07, 6.45) is 2.00. The number of allylic oxidation sites excluding steroid dienone is 2. The Balaban J connectivity index is 0.000000141. The lowest BCUT2D eigenvalue weighted by Gasteiger charge is -2.01. The molecule has 1 atom stereocenters. The minimum Gasteiger partial charge on any atom is -0.294 e. The molecular weight excluding hydrogens is 428 g/mol. The summed E-state index contributed by atoms with van der Waals surface area (Å²) in [5, 5.41) is 0. The monoisotopic (exact) mass is 446 g/mol. The first kappa shape index (κ1) is 17.6. The van der Waals surface area contributed by atoms with Crippen LogP contribution in [0, 0.1) is 5.92 Å². The van der Waals surface area contributed by atoms with Crippen LogP contribution in [0.4, 0.5) is 0 Å². The lowest BCUT2D eigenvalue weighted by atomic mass is 10.1. The third-order valence-electron chi connectivity index (χ3n) is 4.95. The molecule has 2 aliphatic carbocycles. The van der Waals surface area contributed by atoms with Crippen LogP contribution in [0.2, 0.25) is 0 Å². The van der Waals surface area contributed by atoms with Crippen LogP contribution < -0.4 is 0 Å². The average Bonchev–Trinajstić information content (AvgIpc) is 3.01. The van der Waals surface area contributed by atoms with Crippen molar-refractivity contribution in [2.24, 2.45) is 5.92 Å². The molecule has 124 valence electrons. The third-order valence-corrected chi connectivity index (χ3v) is 6.43. The molecule has 0 N–H and O–H groups in total. The number of hydrogen-bond donors (Lipinski definition) is 0. The highest BCUT2D eigenvalue weighted by molar-refractivity contribution is 9.10. The number of halogens is 2. The minimum absolute atomic E-state index is 0.165. The van der Waals surface area contributed by atoms with Crippen LogP contribution in [0.15, 0.2) is 50.9 Å². The Labute approximate surface area is 160 Å². The van der Waals surface area contributed by atoms with Crippen LogP contribution in [-0.4, -0.2) is 5.78 Å². The predicted molar refractivity (Wildman–Crippen MR) is 107 cm³/mol. The van der Waals surface area contributed by atoms with Gasteiger partial charge in [-0.2, -0.15) is 0 Å². The molecule has 3 heteroatoms. The number of ketones is 1. The fourth-order valence-electron chi connectivity index (χ4n) is 3.38. The highest BCUT2D eigenvalue weighted by Gasteiger charge is 2.27. The predicted octanol–water partition coefficient (Wildman–Crippen LogP) is 6.62. The van der Waals surface area contributed by atoms with E-state index in [9.17, 15) is 4.79 Å². The summed E-state index contributed by atoms with van der Waals surface area (Å²) in [6.45, 7) is 6.39. The Morgan fingerprint density at radius 2 is 1.50 bits per heavy atom. The van der Waals surface area contributed by atoms with Crippen molar-refractivity contribution in [1.82, 2.24) is 0 Å². The molecule has 1 nitrogen and oxygen atoms in total. The maximum atomic E-state index is 11.5. The van der Waals surface area contributed by atoms with E-state index in [0.717, 1.165) is 22.9 Å². The Kier molecular flexibility index (Phi) is 5.12. The van der Waals surface area contributed by atoms with Crippen molar-refractivity contribution < 1.29 is 4.79 Å². The second-order valence-electron chi connectivity index (χ2n) is 6.58. The van der Waals surface area contributed by atoms with Gasteiger partial charge in [0, 0.05) is 20.4 Å². The van der Waals surface area contributed by atoms with Crippen molar-refractivity contribution in [3.63, 3.8) is 0 Å². The number of rotatable bonds is 0. The molecule has 4 rings (SSSR count). The summed E-state index contributed by atoms with van der Waals surface area (Å²) >= 11 is 7.03. The quantitative estimate of drug-likeness (QED) is 0.443. The van der Waals surface area contributed by atoms with Crippen molar-refractivity contribution in [3.8, 4) is 0 Å². The van der Waals surface area contributed by atoms with E-state index in [1.807, 2.05) is 25.1 Å². The maximum absolute atomic E-state index is 11.5. The van der Waals surface area contributed by atoms with Gasteiger partial charge in [0.1, 0.15) is 0 Å². The van der Waals surface area contributed by atoms with E-state index in [0.29, 0.717) is 0 Å². The Morgan fingerprint density at radius 1 is 0.917 bits per heavy atom. The van der Waals surface area contributed by atoms with Crippen LogP contribution in [-0.2, 0) is 12.8 Å². The van der Waals surface area contributed by atoms with E-state index < -0.39 is 0 Å². The summed E-state index contributed by atoms with van der Waals surface area (Å²) in [6, 6.07) is 12.2. The molecule has 0 aromatic heterocycles. The summed E-state index contributed by atoms with van der Waals surface area (Å²) in [5.74, 6) is 0.449. The zero-order chi connectivity index (χ0) is 17.4. The second-order valence-corrected chi connectivity index (χ2v) is 8.29. The summed E-state index contributed by atoms with van der Waals surface area (Å²) in [7, 11) is 0. The fourth-order valence-corrected chi connectivity index (χ4v) is 4.41. The molecule has 0 heterocycles. The Morgan fingerprint density at radius 3 is 2.08 bits per heavy atom. The molecule has 0 saturated carbocycles. The number of fused-ring (bicyclic) bond motifs is 2. The zero-order valence-electron chi connectivity index (χ0n) is 14.1. The lowest BCUT2D eigenvalue weighted by molar-refractivity contribution is 0.0946. The Hall–Kier alpha value is -1.19. The molecule has 0 saturated heterocycles. The molecule has 2 aromatic carbocycles. The molecule has 2 aliphatic rings. The SMILES string of the molecule is CC1=C(C)c2cccc(Br)c2C1.CC1Cc2c(Br)cccc2C1=O. The van der Waals surface area contributed by atoms with Gasteiger partial charge < -0.3 is 0 Å². The van der Waals surface area contributed by atoms with Gasteiger partial charge in [-0.1, -0.05) is 68.6 Å². The number of carbonyl (C=O) groups is 1. The molecule has 0 radical (unpaired) electrons. The van der Waals surface area contributed by atoms with E-state index in [1.165, 1.54) is 32.3 Å². The minimum atomic E-state index is 0.165. The zero-order valence-corrected chi connectivity index (χ0v) is 17.3. The van der Waals surface area contributed by atoms with Crippen molar-refractivity contribution in [1.29, 1.82) is 0 Å². The van der Waals surface area contributed by atoms with E-state index >= 15 is 0 Å². The van der Waals surface area contributed by atoms with Gasteiger partial charge in [-0.3, -0.25) is 4.79 Å². The van der Waals surface area contributed by atoms with Gasteiger partial charge in [-0.05, 0) is 61.1 Å². The summed E-state index contributed by atoms with van der Waals surface area (Å²) < 4.78 is 2.31. The van der Waals surface area contributed by atoms with E-state index in [2.05, 4.69) is 63.9 Å². The molecule has 0 bridgehead atoms. The first-order valence-electron chi connectivity index (χ1n) is 8.16. The number of hydrogen-bond acceptors (Lipinski definition) is 1. The van der Waals surface area contributed by atoms with Crippen molar-refractivity contribution >= 4 is 43.2 Å². The van der Waals surface area contributed by atoms with Gasteiger partial charge >= 0.3 is 0 Å². The molecule has 1 unspecified atom stereocenters. The van der Waals surface area contributed by atoms with Gasteiger partial charge in [0.15, 0.2) is 5.78 Å². The van der Waals surface area contributed by atoms with Crippen LogP contribution in [0.3, 0.4) is 0 Å². The molecule has 0 amide bonds. The number of benzene rings is 2. The normalized spacial score (nSPS) is 18.2. The molecule has 0 aliphatic heterocycles. The van der Waals surface area contributed by atoms with Crippen molar-refractivity contribution in [3.05, 3.63) is 73.2 Å². The number of Topliss-reactive ketones (excluding diaryl/α,β-unsaturated/α-hetero) is 1. The molecule has 2 aromatic rings. The van der Waals surface area contributed by atoms with Crippen LogP contribution in [0.25, 0.3) is 5.57 Å². The molecular formula is C21H20Br2O. The van der Waals surface area contributed by atoms with E-state index in [4.69, 9.17) is 0 Å². The first-order valence-corrected chi connectivity index (χ1v) is 9.74. The van der Waals surface area contributed by atoms with Crippen LogP contribution in [0.1, 0.15) is 47.8 Å². The topological polar surface area (TPSA) is 17.1 Å². The smallest absolute Gasteiger partial charge is 0.166 e. The molecule has 24 heavy (non-hydrogen) atoms. The lowest BCUT2D eigenvalue weighted by Crippen LogP contribution is -2.02. The Bertz CT molecular complexity index is 849. The highest BCUT2D eigenvalue weighted by atomic mass is 79.9. The molecule has 0 spiro atoms. The van der Waals surface area contributed by atoms with Crippen LogP contribution in [0.5, 0.6) is 0 Å². The summed E-state index contributed by atoms with van der Waals surface area (Å²) in [4.78, 5) is 11.5.